The van der Waals surface area contributed by atoms with Gasteiger partial charge in [0.25, 0.3) is 0 Å². The summed E-state index contributed by atoms with van der Waals surface area (Å²) in [6, 6.07) is 4.72. The molecule has 0 bridgehead atoms. The van der Waals surface area contributed by atoms with Crippen LogP contribution in [0.25, 0.3) is 11.0 Å². The number of hydrogen-bond acceptors (Lipinski definition) is 4. The lowest BCUT2D eigenvalue weighted by molar-refractivity contribution is -0.146. The SMILES string of the molecule is Cn1nnc2ccc(C(O)C(=O)O)cc21. The lowest BCUT2D eigenvalue weighted by Gasteiger charge is -2.05. The number of nitrogens with zero attached hydrogens (tertiary/aromatic N) is 3. The second-order valence-corrected chi connectivity index (χ2v) is 3.20. The van der Waals surface area contributed by atoms with Gasteiger partial charge in [-0.1, -0.05) is 11.3 Å². The van der Waals surface area contributed by atoms with Crippen molar-refractivity contribution in [2.45, 2.75) is 6.10 Å². The molecule has 0 spiro atoms. The van der Waals surface area contributed by atoms with Crippen molar-refractivity contribution >= 4 is 17.0 Å². The first kappa shape index (κ1) is 9.60. The molecule has 1 unspecified atom stereocenters. The summed E-state index contributed by atoms with van der Waals surface area (Å²) in [7, 11) is 1.70. The molecule has 0 saturated heterocycles. The van der Waals surface area contributed by atoms with Gasteiger partial charge in [-0.15, -0.1) is 5.10 Å². The molecule has 0 aliphatic rings. The fourth-order valence-electron chi connectivity index (χ4n) is 1.36. The van der Waals surface area contributed by atoms with E-state index in [0.29, 0.717) is 16.6 Å². The highest BCUT2D eigenvalue weighted by Crippen LogP contribution is 2.18. The molecule has 1 aromatic carbocycles. The molecule has 0 fully saturated rings. The summed E-state index contributed by atoms with van der Waals surface area (Å²) in [5, 5.41) is 25.6. The van der Waals surface area contributed by atoms with Gasteiger partial charge in [-0.2, -0.15) is 0 Å². The Labute approximate surface area is 84.8 Å². The van der Waals surface area contributed by atoms with Gasteiger partial charge in [-0.3, -0.25) is 0 Å². The summed E-state index contributed by atoms with van der Waals surface area (Å²) in [6.45, 7) is 0. The van der Waals surface area contributed by atoms with Crippen LogP contribution in [-0.2, 0) is 11.8 Å². The molecule has 2 N–H and O–H groups in total. The van der Waals surface area contributed by atoms with Gasteiger partial charge in [0.15, 0.2) is 6.10 Å². The van der Waals surface area contributed by atoms with Crippen LogP contribution in [0.4, 0.5) is 0 Å². The van der Waals surface area contributed by atoms with Crippen molar-refractivity contribution in [3.05, 3.63) is 23.8 Å². The van der Waals surface area contributed by atoms with Gasteiger partial charge in [0, 0.05) is 7.05 Å². The lowest BCUT2D eigenvalue weighted by atomic mass is 10.1. The van der Waals surface area contributed by atoms with Crippen LogP contribution >= 0.6 is 0 Å². The van der Waals surface area contributed by atoms with E-state index in [-0.39, 0.29) is 0 Å². The molecular formula is C9H9N3O3. The Balaban J connectivity index is 2.54. The summed E-state index contributed by atoms with van der Waals surface area (Å²) in [4.78, 5) is 10.6. The zero-order valence-electron chi connectivity index (χ0n) is 7.95. The Morgan fingerprint density at radius 3 is 2.93 bits per heavy atom. The summed E-state index contributed by atoms with van der Waals surface area (Å²) >= 11 is 0. The van der Waals surface area contributed by atoms with Crippen LogP contribution in [0.3, 0.4) is 0 Å². The molecule has 1 aromatic heterocycles. The van der Waals surface area contributed by atoms with Crippen molar-refractivity contribution in [1.82, 2.24) is 15.0 Å². The molecule has 78 valence electrons. The zero-order chi connectivity index (χ0) is 11.0. The average Bonchev–Trinajstić information content (AvgIpc) is 2.59. The minimum Gasteiger partial charge on any atom is -0.479 e. The number of rotatable bonds is 2. The first-order valence-corrected chi connectivity index (χ1v) is 4.30. The highest BCUT2D eigenvalue weighted by molar-refractivity contribution is 5.79. The van der Waals surface area contributed by atoms with Crippen molar-refractivity contribution < 1.29 is 15.0 Å². The monoisotopic (exact) mass is 207 g/mol. The Bertz CT molecular complexity index is 520. The quantitative estimate of drug-likeness (QED) is 0.728. The second kappa shape index (κ2) is 3.32. The molecule has 0 aliphatic heterocycles. The van der Waals surface area contributed by atoms with Crippen LogP contribution in [-0.4, -0.2) is 31.2 Å². The number of aryl methyl sites for hydroxylation is 1. The first-order chi connectivity index (χ1) is 7.09. The average molecular weight is 207 g/mol. The fraction of sp³-hybridized carbons (Fsp3) is 0.222. The number of fused-ring (bicyclic) bond motifs is 1. The number of carbonyl (C=O) groups is 1. The van der Waals surface area contributed by atoms with Crippen molar-refractivity contribution in [3.63, 3.8) is 0 Å². The second-order valence-electron chi connectivity index (χ2n) is 3.20. The molecule has 0 saturated carbocycles. The topological polar surface area (TPSA) is 88.2 Å². The van der Waals surface area contributed by atoms with E-state index >= 15 is 0 Å². The van der Waals surface area contributed by atoms with Gasteiger partial charge in [0.2, 0.25) is 0 Å². The number of aliphatic carboxylic acids is 1. The van der Waals surface area contributed by atoms with Gasteiger partial charge in [0.1, 0.15) is 5.52 Å². The number of hydrogen-bond donors (Lipinski definition) is 2. The van der Waals surface area contributed by atoms with Crippen molar-refractivity contribution in [2.75, 3.05) is 0 Å². The van der Waals surface area contributed by atoms with Gasteiger partial charge >= 0.3 is 5.97 Å². The molecule has 6 heteroatoms. The molecule has 2 aromatic rings. The molecule has 15 heavy (non-hydrogen) atoms. The molecular weight excluding hydrogens is 198 g/mol. The number of carboxylic acid groups (broad SMARTS) is 1. The summed E-state index contributed by atoms with van der Waals surface area (Å²) < 4.78 is 1.52. The van der Waals surface area contributed by atoms with Crippen molar-refractivity contribution in [1.29, 1.82) is 0 Å². The molecule has 0 aliphatic carbocycles. The van der Waals surface area contributed by atoms with E-state index in [9.17, 15) is 9.90 Å². The van der Waals surface area contributed by atoms with Crippen molar-refractivity contribution in [3.8, 4) is 0 Å². The fourth-order valence-corrected chi connectivity index (χ4v) is 1.36. The maximum absolute atomic E-state index is 10.6. The van der Waals surface area contributed by atoms with Gasteiger partial charge in [-0.05, 0) is 17.7 Å². The highest BCUT2D eigenvalue weighted by atomic mass is 16.4. The molecule has 2 rings (SSSR count). The zero-order valence-corrected chi connectivity index (χ0v) is 7.95. The van der Waals surface area contributed by atoms with Crippen LogP contribution in [0.2, 0.25) is 0 Å². The summed E-state index contributed by atoms with van der Waals surface area (Å²) in [6.07, 6.45) is -1.51. The van der Waals surface area contributed by atoms with E-state index in [4.69, 9.17) is 5.11 Å². The first-order valence-electron chi connectivity index (χ1n) is 4.30. The Hall–Kier alpha value is -1.95. The van der Waals surface area contributed by atoms with Crippen LogP contribution in [0, 0.1) is 0 Å². The minimum absolute atomic E-state index is 0.320. The highest BCUT2D eigenvalue weighted by Gasteiger charge is 2.16. The Morgan fingerprint density at radius 1 is 1.53 bits per heavy atom. The number of aliphatic hydroxyl groups is 1. The summed E-state index contributed by atoms with van der Waals surface area (Å²) in [5.41, 5.74) is 1.67. The molecule has 6 nitrogen and oxygen atoms in total. The van der Waals surface area contributed by atoms with Crippen LogP contribution in [0.5, 0.6) is 0 Å². The summed E-state index contributed by atoms with van der Waals surface area (Å²) in [5.74, 6) is -1.27. The number of aromatic nitrogens is 3. The maximum atomic E-state index is 10.6. The van der Waals surface area contributed by atoms with E-state index in [1.807, 2.05) is 0 Å². The maximum Gasteiger partial charge on any atom is 0.337 e. The van der Waals surface area contributed by atoms with E-state index in [1.54, 1.807) is 19.2 Å². The largest absolute Gasteiger partial charge is 0.479 e. The molecule has 0 radical (unpaired) electrons. The number of aliphatic hydroxyl groups excluding tert-OH is 1. The van der Waals surface area contributed by atoms with Crippen molar-refractivity contribution in [2.24, 2.45) is 7.05 Å². The number of benzene rings is 1. The van der Waals surface area contributed by atoms with E-state index in [0.717, 1.165) is 0 Å². The van der Waals surface area contributed by atoms with E-state index in [2.05, 4.69) is 10.3 Å². The van der Waals surface area contributed by atoms with Crippen LogP contribution in [0.15, 0.2) is 18.2 Å². The third-order valence-electron chi connectivity index (χ3n) is 2.18. The van der Waals surface area contributed by atoms with E-state index in [1.165, 1.54) is 10.7 Å². The lowest BCUT2D eigenvalue weighted by Crippen LogP contribution is -2.10. The van der Waals surface area contributed by atoms with Crippen LogP contribution in [0.1, 0.15) is 11.7 Å². The predicted octanol–water partition coefficient (Wildman–Crippen LogP) is 0.0863. The normalized spacial score (nSPS) is 12.9. The van der Waals surface area contributed by atoms with Gasteiger partial charge < -0.3 is 10.2 Å². The Morgan fingerprint density at radius 2 is 2.27 bits per heavy atom. The third-order valence-corrected chi connectivity index (χ3v) is 2.18. The molecule has 0 amide bonds. The van der Waals surface area contributed by atoms with Gasteiger partial charge in [0.05, 0.1) is 5.52 Å². The van der Waals surface area contributed by atoms with E-state index < -0.39 is 12.1 Å². The smallest absolute Gasteiger partial charge is 0.337 e. The van der Waals surface area contributed by atoms with Crippen LogP contribution < -0.4 is 0 Å². The molecule has 1 heterocycles. The standard InChI is InChI=1S/C9H9N3O3/c1-12-7-4-5(8(13)9(14)15)2-3-6(7)10-11-12/h2-4,8,13H,1H3,(H,14,15). The number of carboxylic acids is 1. The van der Waals surface area contributed by atoms with Gasteiger partial charge in [-0.25, -0.2) is 9.48 Å². The third kappa shape index (κ3) is 1.55. The molecule has 1 atom stereocenters. The predicted molar refractivity (Wildman–Crippen MR) is 51.1 cm³/mol. The Kier molecular flexibility index (Phi) is 2.12. The minimum atomic E-state index is -1.51.